The molecule has 2 aromatic carbocycles. The molecule has 28 heavy (non-hydrogen) atoms. The molecule has 4 rings (SSSR count). The van der Waals surface area contributed by atoms with Crippen LogP contribution in [0.5, 0.6) is 0 Å². The summed E-state index contributed by atoms with van der Waals surface area (Å²) in [5.74, 6) is 0.125. The summed E-state index contributed by atoms with van der Waals surface area (Å²) in [6, 6.07) is 16.9. The highest BCUT2D eigenvalue weighted by molar-refractivity contribution is 5.87. The van der Waals surface area contributed by atoms with Crippen molar-refractivity contribution in [2.75, 3.05) is 20.6 Å². The number of fused-ring (bicyclic) bond motifs is 1. The molecule has 1 amide bonds. The Hall–Kier alpha value is -2.59. The predicted molar refractivity (Wildman–Crippen MR) is 112 cm³/mol. The van der Waals surface area contributed by atoms with Gasteiger partial charge in [0.05, 0.1) is 12.7 Å². The molecule has 1 aliphatic rings. The SMILES string of the molecule is CN(Cc1ccccc1C1CCCCN1C)C(=O)Cc1cccc2occc12. The molecule has 2 heterocycles. The average molecular weight is 377 g/mol. The number of hydrogen-bond acceptors (Lipinski definition) is 3. The van der Waals surface area contributed by atoms with E-state index in [9.17, 15) is 4.79 Å². The standard InChI is InChI=1S/C24H28N2O2/c1-25-14-6-5-11-22(25)20-10-4-3-8-19(20)17-26(2)24(27)16-18-9-7-12-23-21(18)13-15-28-23/h3-4,7-10,12-13,15,22H,5-6,11,14,16-17H2,1-2H3. The molecule has 1 saturated heterocycles. The maximum atomic E-state index is 12.9. The molecule has 0 spiro atoms. The lowest BCUT2D eigenvalue weighted by atomic mass is 9.92. The summed E-state index contributed by atoms with van der Waals surface area (Å²) in [6.07, 6.45) is 5.80. The Balaban J connectivity index is 1.50. The summed E-state index contributed by atoms with van der Waals surface area (Å²) >= 11 is 0. The number of carbonyl (C=O) groups excluding carboxylic acids is 1. The largest absolute Gasteiger partial charge is 0.464 e. The first-order valence-corrected chi connectivity index (χ1v) is 10.1. The molecule has 146 valence electrons. The first-order valence-electron chi connectivity index (χ1n) is 10.1. The van der Waals surface area contributed by atoms with Crippen molar-refractivity contribution in [2.45, 2.75) is 38.3 Å². The number of rotatable bonds is 5. The van der Waals surface area contributed by atoms with E-state index in [1.807, 2.05) is 36.2 Å². The topological polar surface area (TPSA) is 36.7 Å². The van der Waals surface area contributed by atoms with Crippen LogP contribution >= 0.6 is 0 Å². The minimum atomic E-state index is 0.125. The molecule has 1 aromatic heterocycles. The van der Waals surface area contributed by atoms with Gasteiger partial charge in [0, 0.05) is 25.0 Å². The van der Waals surface area contributed by atoms with Gasteiger partial charge in [0.1, 0.15) is 5.58 Å². The molecule has 1 unspecified atom stereocenters. The summed E-state index contributed by atoms with van der Waals surface area (Å²) in [7, 11) is 4.11. The lowest BCUT2D eigenvalue weighted by Gasteiger charge is -2.34. The molecule has 0 radical (unpaired) electrons. The van der Waals surface area contributed by atoms with E-state index in [1.165, 1.54) is 30.4 Å². The molecular formula is C24H28N2O2. The highest BCUT2D eigenvalue weighted by Gasteiger charge is 2.23. The third-order valence-electron chi connectivity index (χ3n) is 5.95. The predicted octanol–water partition coefficient (Wildman–Crippen LogP) is 4.79. The van der Waals surface area contributed by atoms with E-state index in [2.05, 4.69) is 36.2 Å². The molecule has 1 aliphatic heterocycles. The number of furan rings is 1. The fourth-order valence-corrected chi connectivity index (χ4v) is 4.32. The van der Waals surface area contributed by atoms with Crippen LogP contribution < -0.4 is 0 Å². The van der Waals surface area contributed by atoms with Gasteiger partial charge in [0.15, 0.2) is 0 Å². The third-order valence-corrected chi connectivity index (χ3v) is 5.95. The van der Waals surface area contributed by atoms with Gasteiger partial charge in [-0.1, -0.05) is 42.8 Å². The Labute approximate surface area is 166 Å². The fourth-order valence-electron chi connectivity index (χ4n) is 4.32. The van der Waals surface area contributed by atoms with Gasteiger partial charge in [0.25, 0.3) is 0 Å². The Bertz CT molecular complexity index is 962. The van der Waals surface area contributed by atoms with Crippen molar-refractivity contribution in [3.05, 3.63) is 71.5 Å². The van der Waals surface area contributed by atoms with E-state index in [0.717, 1.165) is 23.1 Å². The maximum Gasteiger partial charge on any atom is 0.227 e. The number of amides is 1. The van der Waals surface area contributed by atoms with Crippen molar-refractivity contribution in [1.29, 1.82) is 0 Å². The molecule has 4 heteroatoms. The average Bonchev–Trinajstić information content (AvgIpc) is 3.19. The van der Waals surface area contributed by atoms with Crippen LogP contribution in [0.1, 0.15) is 42.0 Å². The van der Waals surface area contributed by atoms with E-state index in [4.69, 9.17) is 4.42 Å². The van der Waals surface area contributed by atoms with Gasteiger partial charge in [-0.2, -0.15) is 0 Å². The second-order valence-electron chi connectivity index (χ2n) is 7.87. The van der Waals surface area contributed by atoms with E-state index < -0.39 is 0 Å². The Kier molecular flexibility index (Phi) is 5.49. The van der Waals surface area contributed by atoms with E-state index in [0.29, 0.717) is 19.0 Å². The minimum Gasteiger partial charge on any atom is -0.464 e. The maximum absolute atomic E-state index is 12.9. The monoisotopic (exact) mass is 376 g/mol. The lowest BCUT2D eigenvalue weighted by Crippen LogP contribution is -2.32. The number of carbonyl (C=O) groups is 1. The van der Waals surface area contributed by atoms with Crippen LogP contribution in [0.3, 0.4) is 0 Å². The minimum absolute atomic E-state index is 0.125. The van der Waals surface area contributed by atoms with Crippen LogP contribution in [0.2, 0.25) is 0 Å². The van der Waals surface area contributed by atoms with Gasteiger partial charge in [-0.15, -0.1) is 0 Å². The van der Waals surface area contributed by atoms with Crippen molar-refractivity contribution in [2.24, 2.45) is 0 Å². The highest BCUT2D eigenvalue weighted by Crippen LogP contribution is 2.32. The van der Waals surface area contributed by atoms with Crippen LogP contribution in [0.15, 0.2) is 59.2 Å². The molecule has 0 bridgehead atoms. The number of nitrogens with zero attached hydrogens (tertiary/aromatic N) is 2. The zero-order valence-corrected chi connectivity index (χ0v) is 16.7. The van der Waals surface area contributed by atoms with Gasteiger partial charge in [-0.05, 0) is 55.3 Å². The first-order chi connectivity index (χ1) is 13.6. The molecule has 0 aliphatic carbocycles. The second kappa shape index (κ2) is 8.19. The van der Waals surface area contributed by atoms with Crippen molar-refractivity contribution >= 4 is 16.9 Å². The molecular weight excluding hydrogens is 348 g/mol. The van der Waals surface area contributed by atoms with Crippen LogP contribution in [0.4, 0.5) is 0 Å². The number of likely N-dealkylation sites (N-methyl/N-ethyl adjacent to an activating group) is 1. The van der Waals surface area contributed by atoms with Crippen molar-refractivity contribution in [1.82, 2.24) is 9.80 Å². The summed E-state index contributed by atoms with van der Waals surface area (Å²) in [6.45, 7) is 1.78. The normalized spacial score (nSPS) is 17.7. The summed E-state index contributed by atoms with van der Waals surface area (Å²) in [5, 5.41) is 1.02. The van der Waals surface area contributed by atoms with E-state index >= 15 is 0 Å². The van der Waals surface area contributed by atoms with Gasteiger partial charge in [-0.25, -0.2) is 0 Å². The fraction of sp³-hybridized carbons (Fsp3) is 0.375. The molecule has 1 fully saturated rings. The zero-order chi connectivity index (χ0) is 19.5. The molecule has 0 saturated carbocycles. The Morgan fingerprint density at radius 1 is 1.11 bits per heavy atom. The molecule has 1 atom stereocenters. The summed E-state index contributed by atoms with van der Waals surface area (Å²) in [5.41, 5.74) is 4.46. The van der Waals surface area contributed by atoms with Crippen LogP contribution in [0.25, 0.3) is 11.0 Å². The third kappa shape index (κ3) is 3.83. The second-order valence-corrected chi connectivity index (χ2v) is 7.87. The van der Waals surface area contributed by atoms with Crippen LogP contribution in [-0.4, -0.2) is 36.3 Å². The van der Waals surface area contributed by atoms with Crippen LogP contribution in [0, 0.1) is 0 Å². The van der Waals surface area contributed by atoms with E-state index in [1.54, 1.807) is 6.26 Å². The smallest absolute Gasteiger partial charge is 0.227 e. The summed E-state index contributed by atoms with van der Waals surface area (Å²) < 4.78 is 5.46. The number of piperidine rings is 1. The number of hydrogen-bond donors (Lipinski definition) is 0. The van der Waals surface area contributed by atoms with Gasteiger partial charge >= 0.3 is 0 Å². The Morgan fingerprint density at radius 2 is 1.93 bits per heavy atom. The van der Waals surface area contributed by atoms with Gasteiger partial charge in [0.2, 0.25) is 5.91 Å². The Morgan fingerprint density at radius 3 is 2.79 bits per heavy atom. The molecule has 4 nitrogen and oxygen atoms in total. The lowest BCUT2D eigenvalue weighted by molar-refractivity contribution is -0.129. The molecule has 0 N–H and O–H groups in total. The first kappa shape index (κ1) is 18.8. The quantitative estimate of drug-likeness (QED) is 0.642. The van der Waals surface area contributed by atoms with Crippen molar-refractivity contribution in [3.8, 4) is 0 Å². The van der Waals surface area contributed by atoms with Crippen molar-refractivity contribution in [3.63, 3.8) is 0 Å². The van der Waals surface area contributed by atoms with E-state index in [-0.39, 0.29) is 5.91 Å². The van der Waals surface area contributed by atoms with Gasteiger partial charge in [-0.3, -0.25) is 9.69 Å². The number of benzene rings is 2. The number of likely N-dealkylation sites (tertiary alicyclic amines) is 1. The zero-order valence-electron chi connectivity index (χ0n) is 16.7. The van der Waals surface area contributed by atoms with Gasteiger partial charge < -0.3 is 9.32 Å². The van der Waals surface area contributed by atoms with Crippen molar-refractivity contribution < 1.29 is 9.21 Å². The molecule has 3 aromatic rings. The highest BCUT2D eigenvalue weighted by atomic mass is 16.3. The van der Waals surface area contributed by atoms with Crippen LogP contribution in [-0.2, 0) is 17.8 Å². The summed E-state index contributed by atoms with van der Waals surface area (Å²) in [4.78, 5) is 17.2.